The maximum absolute atomic E-state index is 0. The van der Waals surface area contributed by atoms with E-state index in [1.54, 1.807) is 0 Å². The smallest absolute Gasteiger partial charge is 1.00 e. The van der Waals surface area contributed by atoms with Gasteiger partial charge in [0.1, 0.15) is 0 Å². The van der Waals surface area contributed by atoms with E-state index < -0.39 is 0 Å². The van der Waals surface area contributed by atoms with E-state index in [9.17, 15) is 0 Å². The van der Waals surface area contributed by atoms with Crippen molar-refractivity contribution >= 4 is 0 Å². The van der Waals surface area contributed by atoms with Crippen LogP contribution in [0.15, 0.2) is 0 Å². The second kappa shape index (κ2) is 29.2. The molecule has 0 aliphatic heterocycles. The quantitative estimate of drug-likeness (QED) is 0.356. The van der Waals surface area contributed by atoms with E-state index in [1.807, 2.05) is 0 Å². The molecule has 0 saturated heterocycles. The molecule has 0 aromatic heterocycles. The van der Waals surface area contributed by atoms with Crippen molar-refractivity contribution in [2.75, 3.05) is 0 Å². The van der Waals surface area contributed by atoms with E-state index in [0.29, 0.717) is 0 Å². The van der Waals surface area contributed by atoms with Crippen molar-refractivity contribution in [2.24, 2.45) is 0 Å². The molecular formula is K5O+3. The molecule has 1 nitrogen and oxygen atoms in total. The van der Waals surface area contributed by atoms with Crippen molar-refractivity contribution < 1.29 is 262 Å². The first kappa shape index (κ1) is 36.8. The minimum Gasteiger partial charge on any atom is -2.00 e. The number of hydrogen-bond acceptors (Lipinski definition) is 0. The summed E-state index contributed by atoms with van der Waals surface area (Å²) in [5.74, 6) is 0. The van der Waals surface area contributed by atoms with Gasteiger partial charge in [-0.05, 0) is 0 Å². The first-order valence-corrected chi connectivity index (χ1v) is 0. The molecule has 0 unspecified atom stereocenters. The van der Waals surface area contributed by atoms with Gasteiger partial charge in [0.05, 0.1) is 0 Å². The van der Waals surface area contributed by atoms with Gasteiger partial charge in [0.25, 0.3) is 0 Å². The molecule has 0 atom stereocenters. The van der Waals surface area contributed by atoms with Crippen LogP contribution in [0.1, 0.15) is 0 Å². The third-order valence-corrected chi connectivity index (χ3v) is 0. The molecule has 0 aliphatic carbocycles. The number of rotatable bonds is 0. The van der Waals surface area contributed by atoms with Gasteiger partial charge in [0.2, 0.25) is 0 Å². The van der Waals surface area contributed by atoms with Gasteiger partial charge in [0.15, 0.2) is 0 Å². The van der Waals surface area contributed by atoms with Crippen LogP contribution in [0.3, 0.4) is 0 Å². The molecule has 0 rings (SSSR count). The Balaban J connectivity index is 0. The van der Waals surface area contributed by atoms with E-state index in [2.05, 4.69) is 0 Å². The predicted octanol–water partition coefficient (Wildman–Crippen LogP) is -15.1. The van der Waals surface area contributed by atoms with Crippen molar-refractivity contribution in [3.8, 4) is 0 Å². The van der Waals surface area contributed by atoms with Crippen molar-refractivity contribution in [3.63, 3.8) is 0 Å². The average molecular weight is 211 g/mol. The van der Waals surface area contributed by atoms with Crippen LogP contribution in [0.5, 0.6) is 0 Å². The topological polar surface area (TPSA) is 28.5 Å². The predicted molar refractivity (Wildman–Crippen MR) is 0.686 cm³/mol. The second-order valence-corrected chi connectivity index (χ2v) is 0. The number of hydrogen-bond donors (Lipinski definition) is 0. The third-order valence-electron chi connectivity index (χ3n) is 0. The van der Waals surface area contributed by atoms with Gasteiger partial charge < -0.3 is 5.48 Å². The molecule has 0 heterocycles. The molecular weight excluding hydrogens is 211 g/mol. The van der Waals surface area contributed by atoms with E-state index in [-0.39, 0.29) is 262 Å². The molecule has 6 heavy (non-hydrogen) atoms. The van der Waals surface area contributed by atoms with Crippen LogP contribution in [0.2, 0.25) is 0 Å². The fourth-order valence-electron chi connectivity index (χ4n) is 0. The van der Waals surface area contributed by atoms with Crippen LogP contribution in [0, 0.1) is 0 Å². The minimum absolute atomic E-state index is 0. The van der Waals surface area contributed by atoms with Crippen LogP contribution >= 0.6 is 0 Å². The summed E-state index contributed by atoms with van der Waals surface area (Å²) in [7, 11) is 0. The summed E-state index contributed by atoms with van der Waals surface area (Å²) in [5.41, 5.74) is 0. The summed E-state index contributed by atoms with van der Waals surface area (Å²) < 4.78 is 0. The third kappa shape index (κ3) is 22.7. The minimum atomic E-state index is 0. The van der Waals surface area contributed by atoms with Gasteiger partial charge >= 0.3 is 257 Å². The fraction of sp³-hybridized carbons (Fsp3) is 0. The summed E-state index contributed by atoms with van der Waals surface area (Å²) in [6, 6.07) is 0. The van der Waals surface area contributed by atoms with Crippen LogP contribution < -0.4 is 257 Å². The molecule has 0 aromatic rings. The summed E-state index contributed by atoms with van der Waals surface area (Å²) in [4.78, 5) is 0. The van der Waals surface area contributed by atoms with Gasteiger partial charge in [-0.2, -0.15) is 0 Å². The van der Waals surface area contributed by atoms with Crippen LogP contribution in [-0.2, 0) is 5.48 Å². The Kier molecular flexibility index (Phi) is 179. The normalized spacial score (nSPS) is 0. The zero-order valence-corrected chi connectivity index (χ0v) is 21.0. The van der Waals surface area contributed by atoms with Gasteiger partial charge in [-0.1, -0.05) is 0 Å². The van der Waals surface area contributed by atoms with Crippen LogP contribution in [0.4, 0.5) is 0 Å². The Morgan fingerprint density at radius 3 is 0.333 bits per heavy atom. The van der Waals surface area contributed by atoms with E-state index in [1.165, 1.54) is 0 Å². The Hall–Kier alpha value is 8.14. The maximum Gasteiger partial charge on any atom is 1.00 e. The second-order valence-electron chi connectivity index (χ2n) is 0. The molecule has 0 fully saturated rings. The fourth-order valence-corrected chi connectivity index (χ4v) is 0. The maximum atomic E-state index is 0. The van der Waals surface area contributed by atoms with Crippen LogP contribution in [0.25, 0.3) is 0 Å². The first-order valence-electron chi connectivity index (χ1n) is 0. The molecule has 0 aromatic carbocycles. The Bertz CT molecular complexity index is 3.90. The van der Waals surface area contributed by atoms with Crippen molar-refractivity contribution in [3.05, 3.63) is 0 Å². The summed E-state index contributed by atoms with van der Waals surface area (Å²) in [6.45, 7) is 0. The molecule has 0 amide bonds. The average Bonchev–Trinajstić information content (AvgIpc) is 0. The Morgan fingerprint density at radius 2 is 0.333 bits per heavy atom. The molecule has 8 valence electrons. The Morgan fingerprint density at radius 1 is 0.333 bits per heavy atom. The molecule has 0 N–H and O–H groups in total. The summed E-state index contributed by atoms with van der Waals surface area (Å²) in [5, 5.41) is 0. The Labute approximate surface area is 251 Å². The zero-order valence-electron chi connectivity index (χ0n) is 5.41. The molecule has 0 spiro atoms. The van der Waals surface area contributed by atoms with E-state index >= 15 is 0 Å². The standard InChI is InChI=1S/5K.O/q5*+1;-2. The summed E-state index contributed by atoms with van der Waals surface area (Å²) in [6.07, 6.45) is 0. The largest absolute Gasteiger partial charge is 2.00 e. The van der Waals surface area contributed by atoms with Gasteiger partial charge in [-0.25, -0.2) is 0 Å². The molecule has 0 bridgehead atoms. The molecule has 0 aliphatic rings. The van der Waals surface area contributed by atoms with Crippen molar-refractivity contribution in [1.82, 2.24) is 0 Å². The van der Waals surface area contributed by atoms with Gasteiger partial charge in [-0.15, -0.1) is 0 Å². The molecule has 0 radical (unpaired) electrons. The van der Waals surface area contributed by atoms with Gasteiger partial charge in [0, 0.05) is 0 Å². The first-order chi connectivity index (χ1) is 0. The SMILES string of the molecule is [K+].[K+].[K+].[K+].[K+].[O-2]. The van der Waals surface area contributed by atoms with Crippen LogP contribution in [-0.4, -0.2) is 0 Å². The van der Waals surface area contributed by atoms with Crippen molar-refractivity contribution in [1.29, 1.82) is 0 Å². The van der Waals surface area contributed by atoms with Gasteiger partial charge in [-0.3, -0.25) is 0 Å². The monoisotopic (exact) mass is 211 g/mol. The van der Waals surface area contributed by atoms with E-state index in [0.717, 1.165) is 0 Å². The molecule has 6 heteroatoms. The van der Waals surface area contributed by atoms with E-state index in [4.69, 9.17) is 0 Å². The summed E-state index contributed by atoms with van der Waals surface area (Å²) >= 11 is 0. The molecule has 0 saturated carbocycles. The van der Waals surface area contributed by atoms with Crippen molar-refractivity contribution in [2.45, 2.75) is 0 Å². The zero-order chi connectivity index (χ0) is 0.